The van der Waals surface area contributed by atoms with Crippen LogP contribution in [0.5, 0.6) is 0 Å². The van der Waals surface area contributed by atoms with Crippen LogP contribution in [0.15, 0.2) is 30.5 Å². The molecule has 0 spiro atoms. The molecule has 6 heteroatoms. The van der Waals surface area contributed by atoms with Gasteiger partial charge in [0.25, 0.3) is 5.91 Å². The molecule has 0 radical (unpaired) electrons. The average molecular weight is 328 g/mol. The summed E-state index contributed by atoms with van der Waals surface area (Å²) in [6.45, 7) is 0. The molecule has 4 rings (SSSR count). The highest BCUT2D eigenvalue weighted by atomic mass is 32.1. The Hall–Kier alpha value is -2.08. The summed E-state index contributed by atoms with van der Waals surface area (Å²) in [5, 5.41) is 4.74. The number of hydrazine groups is 1. The minimum Gasteiger partial charge on any atom is -0.360 e. The Balaban J connectivity index is 1.33. The highest BCUT2D eigenvalue weighted by Gasteiger charge is 2.39. The maximum atomic E-state index is 12.3. The van der Waals surface area contributed by atoms with Gasteiger partial charge in [0, 0.05) is 23.1 Å². The molecule has 2 aliphatic rings. The molecule has 0 saturated heterocycles. The SMILES string of the molecule is O=C(NNC(=S)N[C@@H]1C[C@@H]2CC[C@@H]1C2)c1c[nH]c2ccccc12. The fourth-order valence-corrected chi connectivity index (χ4v) is 4.27. The van der Waals surface area contributed by atoms with E-state index in [1.54, 1.807) is 6.20 Å². The van der Waals surface area contributed by atoms with E-state index in [4.69, 9.17) is 12.2 Å². The van der Waals surface area contributed by atoms with Crippen molar-refractivity contribution < 1.29 is 4.79 Å². The Kier molecular flexibility index (Phi) is 3.69. The molecule has 2 bridgehead atoms. The van der Waals surface area contributed by atoms with Crippen LogP contribution >= 0.6 is 12.2 Å². The number of rotatable bonds is 2. The van der Waals surface area contributed by atoms with Crippen LogP contribution in [0.25, 0.3) is 10.9 Å². The van der Waals surface area contributed by atoms with Crippen molar-refractivity contribution in [3.63, 3.8) is 0 Å². The number of thiocarbonyl (C=S) groups is 1. The molecular formula is C17H20N4OS. The molecular weight excluding hydrogens is 308 g/mol. The molecule has 0 aliphatic heterocycles. The molecule has 2 aromatic rings. The quantitative estimate of drug-likeness (QED) is 0.505. The maximum Gasteiger partial charge on any atom is 0.271 e. The molecule has 1 aromatic heterocycles. The van der Waals surface area contributed by atoms with Crippen molar-refractivity contribution in [3.05, 3.63) is 36.0 Å². The predicted octanol–water partition coefficient (Wildman–Crippen LogP) is 2.47. The predicted molar refractivity (Wildman–Crippen MR) is 93.9 cm³/mol. The van der Waals surface area contributed by atoms with Crippen LogP contribution in [0.4, 0.5) is 0 Å². The number of aromatic amines is 1. The fourth-order valence-electron chi connectivity index (χ4n) is 4.07. The number of carbonyl (C=O) groups excluding carboxylic acids is 1. The molecule has 23 heavy (non-hydrogen) atoms. The van der Waals surface area contributed by atoms with Gasteiger partial charge in [-0.3, -0.25) is 15.6 Å². The van der Waals surface area contributed by atoms with Crippen LogP contribution in [0.2, 0.25) is 0 Å². The van der Waals surface area contributed by atoms with Gasteiger partial charge in [-0.2, -0.15) is 0 Å². The van der Waals surface area contributed by atoms with Gasteiger partial charge in [-0.15, -0.1) is 0 Å². The first-order valence-corrected chi connectivity index (χ1v) is 8.54. The lowest BCUT2D eigenvalue weighted by Gasteiger charge is -2.24. The average Bonchev–Trinajstić information content (AvgIpc) is 3.27. The normalized spacial score (nSPS) is 25.5. The molecule has 4 N–H and O–H groups in total. The van der Waals surface area contributed by atoms with Gasteiger partial charge in [-0.05, 0) is 49.4 Å². The third-order valence-electron chi connectivity index (χ3n) is 5.18. The summed E-state index contributed by atoms with van der Waals surface area (Å²) < 4.78 is 0. The number of fused-ring (bicyclic) bond motifs is 3. The van der Waals surface area contributed by atoms with Crippen molar-refractivity contribution in [2.24, 2.45) is 11.8 Å². The van der Waals surface area contributed by atoms with Crippen molar-refractivity contribution in [1.29, 1.82) is 0 Å². The highest BCUT2D eigenvalue weighted by Crippen LogP contribution is 2.44. The summed E-state index contributed by atoms with van der Waals surface area (Å²) in [6.07, 6.45) is 6.89. The molecule has 2 fully saturated rings. The topological polar surface area (TPSA) is 69.0 Å². The summed E-state index contributed by atoms with van der Waals surface area (Å²) in [5.41, 5.74) is 7.06. The summed E-state index contributed by atoms with van der Waals surface area (Å²) in [4.78, 5) is 15.4. The van der Waals surface area contributed by atoms with Crippen LogP contribution in [0.3, 0.4) is 0 Å². The van der Waals surface area contributed by atoms with Crippen molar-refractivity contribution in [3.8, 4) is 0 Å². The molecule has 3 atom stereocenters. The standard InChI is InChI=1S/C17H20N4OS/c22-16(13-9-18-14-4-2-1-3-12(13)14)20-21-17(23)19-15-8-10-5-6-11(15)7-10/h1-4,9-11,15,18H,5-8H2,(H,20,22)(H2,19,21,23)/t10-,11-,15-/m1/s1. The second kappa shape index (κ2) is 5.85. The largest absolute Gasteiger partial charge is 0.360 e. The Labute approximate surface area is 140 Å². The number of benzene rings is 1. The van der Waals surface area contributed by atoms with E-state index in [0.29, 0.717) is 16.7 Å². The van der Waals surface area contributed by atoms with E-state index < -0.39 is 0 Å². The Morgan fingerprint density at radius 1 is 1.17 bits per heavy atom. The van der Waals surface area contributed by atoms with Gasteiger partial charge < -0.3 is 10.3 Å². The lowest BCUT2D eigenvalue weighted by Crippen LogP contribution is -2.50. The van der Waals surface area contributed by atoms with Crippen LogP contribution in [-0.2, 0) is 0 Å². The summed E-state index contributed by atoms with van der Waals surface area (Å²) in [5.74, 6) is 1.41. The van der Waals surface area contributed by atoms with E-state index in [0.717, 1.165) is 22.7 Å². The lowest BCUT2D eigenvalue weighted by atomic mass is 9.96. The number of hydrogen-bond acceptors (Lipinski definition) is 2. The zero-order valence-electron chi connectivity index (χ0n) is 12.8. The van der Waals surface area contributed by atoms with E-state index in [1.165, 1.54) is 25.7 Å². The zero-order chi connectivity index (χ0) is 15.8. The highest BCUT2D eigenvalue weighted by molar-refractivity contribution is 7.80. The Morgan fingerprint density at radius 3 is 2.83 bits per heavy atom. The second-order valence-corrected chi connectivity index (χ2v) is 6.99. The van der Waals surface area contributed by atoms with E-state index in [2.05, 4.69) is 21.2 Å². The first-order valence-electron chi connectivity index (χ1n) is 8.13. The number of amides is 1. The Bertz CT molecular complexity index is 756. The van der Waals surface area contributed by atoms with Gasteiger partial charge in [-0.1, -0.05) is 24.6 Å². The second-order valence-electron chi connectivity index (χ2n) is 6.58. The number of hydrogen-bond donors (Lipinski definition) is 4. The van der Waals surface area contributed by atoms with Crippen molar-refractivity contribution in [2.75, 3.05) is 0 Å². The number of nitrogens with one attached hydrogen (secondary N) is 4. The molecule has 5 nitrogen and oxygen atoms in total. The third kappa shape index (κ3) is 2.79. The van der Waals surface area contributed by atoms with E-state index in [1.807, 2.05) is 24.3 Å². The van der Waals surface area contributed by atoms with Gasteiger partial charge in [-0.25, -0.2) is 0 Å². The number of carbonyl (C=O) groups is 1. The van der Waals surface area contributed by atoms with Crippen molar-refractivity contribution in [2.45, 2.75) is 31.7 Å². The molecule has 0 unspecified atom stereocenters. The molecule has 120 valence electrons. The maximum absolute atomic E-state index is 12.3. The van der Waals surface area contributed by atoms with Crippen LogP contribution in [0, 0.1) is 11.8 Å². The lowest BCUT2D eigenvalue weighted by molar-refractivity contribution is 0.0945. The summed E-state index contributed by atoms with van der Waals surface area (Å²) >= 11 is 5.31. The van der Waals surface area contributed by atoms with Crippen molar-refractivity contribution in [1.82, 2.24) is 21.2 Å². The van der Waals surface area contributed by atoms with Gasteiger partial charge >= 0.3 is 0 Å². The molecule has 1 amide bonds. The van der Waals surface area contributed by atoms with Crippen LogP contribution < -0.4 is 16.2 Å². The van der Waals surface area contributed by atoms with Gasteiger partial charge in [0.2, 0.25) is 0 Å². The van der Waals surface area contributed by atoms with E-state index >= 15 is 0 Å². The first-order chi connectivity index (χ1) is 11.2. The van der Waals surface area contributed by atoms with Crippen LogP contribution in [-0.4, -0.2) is 22.0 Å². The van der Waals surface area contributed by atoms with Crippen LogP contribution in [0.1, 0.15) is 36.0 Å². The number of H-pyrrole nitrogens is 1. The number of para-hydroxylation sites is 1. The first kappa shape index (κ1) is 14.5. The molecule has 2 saturated carbocycles. The van der Waals surface area contributed by atoms with Crippen molar-refractivity contribution >= 4 is 34.1 Å². The summed E-state index contributed by atoms with van der Waals surface area (Å²) in [6, 6.07) is 8.18. The molecule has 1 heterocycles. The smallest absolute Gasteiger partial charge is 0.271 e. The number of aromatic nitrogens is 1. The monoisotopic (exact) mass is 328 g/mol. The van der Waals surface area contributed by atoms with Gasteiger partial charge in [0.15, 0.2) is 5.11 Å². The van der Waals surface area contributed by atoms with E-state index in [-0.39, 0.29) is 5.91 Å². The molecule has 2 aliphatic carbocycles. The van der Waals surface area contributed by atoms with E-state index in [9.17, 15) is 4.79 Å². The fraction of sp³-hybridized carbons (Fsp3) is 0.412. The third-order valence-corrected chi connectivity index (χ3v) is 5.40. The zero-order valence-corrected chi connectivity index (χ0v) is 13.6. The minimum absolute atomic E-state index is 0.195. The van der Waals surface area contributed by atoms with Gasteiger partial charge in [0.05, 0.1) is 5.56 Å². The Morgan fingerprint density at radius 2 is 2.04 bits per heavy atom. The minimum atomic E-state index is -0.195. The summed E-state index contributed by atoms with van der Waals surface area (Å²) in [7, 11) is 0. The van der Waals surface area contributed by atoms with Gasteiger partial charge in [0.1, 0.15) is 0 Å². The molecule has 1 aromatic carbocycles.